The first-order valence-electron chi connectivity index (χ1n) is 5.01. The number of halogens is 2. The second-order valence-electron chi connectivity index (χ2n) is 3.62. The Labute approximate surface area is 123 Å². The zero-order valence-electron chi connectivity index (χ0n) is 9.58. The van der Waals surface area contributed by atoms with Crippen LogP contribution in [0.2, 0.25) is 0 Å². The maximum atomic E-state index is 13.6. The zero-order valence-corrected chi connectivity index (χ0v) is 12.8. The molecule has 1 aromatic carbocycles. The van der Waals surface area contributed by atoms with E-state index in [1.165, 1.54) is 6.07 Å². The molecule has 0 bridgehead atoms. The van der Waals surface area contributed by atoms with Crippen molar-refractivity contribution in [3.8, 4) is 0 Å². The molecule has 20 heavy (non-hydrogen) atoms. The highest BCUT2D eigenvalue weighted by Crippen LogP contribution is 2.24. The van der Waals surface area contributed by atoms with Crippen LogP contribution in [0.3, 0.4) is 0 Å². The van der Waals surface area contributed by atoms with Crippen LogP contribution in [0.15, 0.2) is 44.8 Å². The predicted molar refractivity (Wildman–Crippen MR) is 74.6 cm³/mol. The molecule has 0 aliphatic carbocycles. The van der Waals surface area contributed by atoms with E-state index in [1.807, 2.05) is 0 Å². The first kappa shape index (κ1) is 15.2. The molecule has 0 unspecified atom stereocenters. The molecule has 1 aromatic heterocycles. The Balaban J connectivity index is 2.35. The van der Waals surface area contributed by atoms with E-state index in [0.29, 0.717) is 0 Å². The molecule has 0 saturated heterocycles. The molecule has 0 spiro atoms. The van der Waals surface area contributed by atoms with Crippen LogP contribution < -0.4 is 4.72 Å². The van der Waals surface area contributed by atoms with Crippen molar-refractivity contribution in [1.29, 1.82) is 0 Å². The summed E-state index contributed by atoms with van der Waals surface area (Å²) < 4.78 is 61.6. The van der Waals surface area contributed by atoms with Crippen molar-refractivity contribution in [3.05, 3.63) is 41.5 Å². The van der Waals surface area contributed by atoms with Gasteiger partial charge in [0.25, 0.3) is 19.1 Å². The summed E-state index contributed by atoms with van der Waals surface area (Å²) >= 11 is 1.000. The van der Waals surface area contributed by atoms with Crippen molar-refractivity contribution in [2.45, 2.75) is 9.10 Å². The molecule has 0 aliphatic rings. The Hall–Kier alpha value is -1.16. The average Bonchev–Trinajstić information content (AvgIpc) is 2.80. The van der Waals surface area contributed by atoms with Crippen molar-refractivity contribution in [2.24, 2.45) is 0 Å². The molecular weight excluding hydrogens is 349 g/mol. The first-order chi connectivity index (χ1) is 9.20. The highest BCUT2D eigenvalue weighted by molar-refractivity contribution is 8.13. The van der Waals surface area contributed by atoms with E-state index in [1.54, 1.807) is 11.4 Å². The van der Waals surface area contributed by atoms with Gasteiger partial charge in [-0.2, -0.15) is 0 Å². The summed E-state index contributed by atoms with van der Waals surface area (Å²) in [4.78, 5) is -0.710. The van der Waals surface area contributed by atoms with Gasteiger partial charge < -0.3 is 0 Å². The van der Waals surface area contributed by atoms with Crippen LogP contribution in [-0.2, 0) is 19.1 Å². The summed E-state index contributed by atoms with van der Waals surface area (Å²) in [5.74, 6) is -1.13. The smallest absolute Gasteiger partial charge is 0.271 e. The molecule has 2 rings (SSSR count). The number of hydrogen-bond donors (Lipinski definition) is 1. The van der Waals surface area contributed by atoms with Gasteiger partial charge in [0.05, 0.1) is 5.69 Å². The summed E-state index contributed by atoms with van der Waals surface area (Å²) in [6, 6.07) is 5.71. The Morgan fingerprint density at radius 3 is 2.35 bits per heavy atom. The monoisotopic (exact) mass is 355 g/mol. The lowest BCUT2D eigenvalue weighted by molar-refractivity contribution is 0.576. The summed E-state index contributed by atoms with van der Waals surface area (Å²) in [7, 11) is -3.01. The van der Waals surface area contributed by atoms with E-state index in [4.69, 9.17) is 10.7 Å². The topological polar surface area (TPSA) is 80.3 Å². The number of hydrogen-bond acceptors (Lipinski definition) is 5. The van der Waals surface area contributed by atoms with Gasteiger partial charge in [0.2, 0.25) is 0 Å². The molecule has 0 fully saturated rings. The van der Waals surface area contributed by atoms with Crippen LogP contribution >= 0.6 is 22.0 Å². The minimum Gasteiger partial charge on any atom is -0.279 e. The van der Waals surface area contributed by atoms with E-state index >= 15 is 0 Å². The van der Waals surface area contributed by atoms with Crippen molar-refractivity contribution in [1.82, 2.24) is 0 Å². The highest BCUT2D eigenvalue weighted by atomic mass is 35.7. The largest absolute Gasteiger partial charge is 0.279 e. The number of thiophene rings is 1. The fourth-order valence-corrected chi connectivity index (χ4v) is 4.32. The standard InChI is InChI=1S/C10H7ClFNO4S3/c11-19(14,15)9-4-3-7(6-8(9)12)13-20(16,17)10-2-1-5-18-10/h1-6,13H. The molecule has 5 nitrogen and oxygen atoms in total. The van der Waals surface area contributed by atoms with E-state index in [0.717, 1.165) is 29.5 Å². The van der Waals surface area contributed by atoms with Gasteiger partial charge in [0, 0.05) is 10.7 Å². The third kappa shape index (κ3) is 3.29. The molecule has 2 aromatic rings. The number of sulfonamides is 1. The van der Waals surface area contributed by atoms with Gasteiger partial charge in [-0.1, -0.05) is 6.07 Å². The number of rotatable bonds is 4. The van der Waals surface area contributed by atoms with Gasteiger partial charge in [-0.15, -0.1) is 11.3 Å². The summed E-state index contributed by atoms with van der Waals surface area (Å²) in [5, 5.41) is 1.58. The van der Waals surface area contributed by atoms with Crippen molar-refractivity contribution in [3.63, 3.8) is 0 Å². The van der Waals surface area contributed by atoms with Crippen LogP contribution in [0.5, 0.6) is 0 Å². The maximum Gasteiger partial charge on any atom is 0.271 e. The minimum atomic E-state index is -4.22. The lowest BCUT2D eigenvalue weighted by Gasteiger charge is -2.07. The van der Waals surface area contributed by atoms with E-state index in [9.17, 15) is 21.2 Å². The fourth-order valence-electron chi connectivity index (χ4n) is 1.38. The molecule has 0 radical (unpaired) electrons. The van der Waals surface area contributed by atoms with Gasteiger partial charge >= 0.3 is 0 Å². The van der Waals surface area contributed by atoms with E-state index < -0.39 is 29.8 Å². The molecule has 10 heteroatoms. The lowest BCUT2D eigenvalue weighted by Crippen LogP contribution is -2.11. The van der Waals surface area contributed by atoms with Crippen molar-refractivity contribution < 1.29 is 21.2 Å². The summed E-state index contributed by atoms with van der Waals surface area (Å²) in [5.41, 5.74) is -0.0973. The first-order valence-corrected chi connectivity index (χ1v) is 9.68. The van der Waals surface area contributed by atoms with E-state index in [-0.39, 0.29) is 9.90 Å². The Morgan fingerprint density at radius 1 is 1.15 bits per heavy atom. The van der Waals surface area contributed by atoms with Gasteiger partial charge in [0.15, 0.2) is 0 Å². The normalized spacial score (nSPS) is 12.3. The van der Waals surface area contributed by atoms with Crippen molar-refractivity contribution in [2.75, 3.05) is 4.72 Å². The van der Waals surface area contributed by atoms with Gasteiger partial charge in [-0.05, 0) is 29.6 Å². The fraction of sp³-hybridized carbons (Fsp3) is 0. The molecule has 0 saturated carbocycles. The van der Waals surface area contributed by atoms with Gasteiger partial charge in [0.1, 0.15) is 14.9 Å². The van der Waals surface area contributed by atoms with Crippen LogP contribution in [0.4, 0.5) is 10.1 Å². The second-order valence-corrected chi connectivity index (χ2v) is 9.01. The quantitative estimate of drug-likeness (QED) is 0.855. The molecular formula is C10H7ClFNO4S3. The lowest BCUT2D eigenvalue weighted by atomic mass is 10.3. The molecule has 1 heterocycles. The molecule has 0 amide bonds. The van der Waals surface area contributed by atoms with Crippen LogP contribution in [0.1, 0.15) is 0 Å². The number of anilines is 1. The number of benzene rings is 1. The maximum absolute atomic E-state index is 13.6. The van der Waals surface area contributed by atoms with Crippen LogP contribution in [-0.4, -0.2) is 16.8 Å². The number of nitrogens with one attached hydrogen (secondary N) is 1. The Kier molecular flexibility index (Phi) is 4.05. The SMILES string of the molecule is O=S(=O)(Cl)c1ccc(NS(=O)(=O)c2cccs2)cc1F. The summed E-state index contributed by atoms with van der Waals surface area (Å²) in [6.07, 6.45) is 0. The van der Waals surface area contributed by atoms with Gasteiger partial charge in [-0.3, -0.25) is 4.72 Å². The molecule has 0 aliphatic heterocycles. The van der Waals surface area contributed by atoms with Crippen LogP contribution in [0, 0.1) is 5.82 Å². The third-order valence-electron chi connectivity index (χ3n) is 2.21. The third-order valence-corrected chi connectivity index (χ3v) is 6.34. The van der Waals surface area contributed by atoms with Gasteiger partial charge in [-0.25, -0.2) is 21.2 Å². The second kappa shape index (κ2) is 5.32. The zero-order chi connectivity index (χ0) is 15.0. The molecule has 108 valence electrons. The van der Waals surface area contributed by atoms with Crippen LogP contribution in [0.25, 0.3) is 0 Å². The highest BCUT2D eigenvalue weighted by Gasteiger charge is 2.19. The Morgan fingerprint density at radius 2 is 1.85 bits per heavy atom. The summed E-state index contributed by atoms with van der Waals surface area (Å²) in [6.45, 7) is 0. The molecule has 1 N–H and O–H groups in total. The Bertz CT molecular complexity index is 831. The van der Waals surface area contributed by atoms with E-state index in [2.05, 4.69) is 4.72 Å². The minimum absolute atomic E-state index is 0.0620. The predicted octanol–water partition coefficient (Wildman–Crippen LogP) is 2.62. The molecule has 0 atom stereocenters. The average molecular weight is 356 g/mol. The van der Waals surface area contributed by atoms with Crippen molar-refractivity contribution >= 4 is 46.8 Å².